The van der Waals surface area contributed by atoms with Crippen LogP contribution in [0.4, 0.5) is 0 Å². The van der Waals surface area contributed by atoms with Gasteiger partial charge in [0.05, 0.1) is 12.7 Å². The van der Waals surface area contributed by atoms with Gasteiger partial charge in [-0.05, 0) is 62.4 Å². The molecule has 0 N–H and O–H groups in total. The molecule has 1 aliphatic rings. The number of hydrogen-bond donors (Lipinski definition) is 0. The van der Waals surface area contributed by atoms with Gasteiger partial charge in [-0.15, -0.1) is 0 Å². The van der Waals surface area contributed by atoms with Gasteiger partial charge in [-0.25, -0.2) is 0 Å². The smallest absolute Gasteiger partial charge is 0.231 e. The SMILES string of the molecule is CCn1cc(/C=C2\Oc3c(ccc(OCC(=O)c4ccc(Br)cc4)c3C)C2=O)c2cc(OC)ccc21. The Kier molecular flexibility index (Phi) is 6.41. The molecule has 182 valence electrons. The van der Waals surface area contributed by atoms with Gasteiger partial charge < -0.3 is 18.8 Å². The highest BCUT2D eigenvalue weighted by molar-refractivity contribution is 9.10. The summed E-state index contributed by atoms with van der Waals surface area (Å²) in [6.07, 6.45) is 3.78. The van der Waals surface area contributed by atoms with Crippen LogP contribution in [0, 0.1) is 6.92 Å². The fraction of sp³-hybridized carbons (Fsp3) is 0.172. The summed E-state index contributed by atoms with van der Waals surface area (Å²) in [6, 6.07) is 16.4. The third kappa shape index (κ3) is 4.31. The van der Waals surface area contributed by atoms with Crippen LogP contribution in [0.1, 0.15) is 38.8 Å². The second-order valence-electron chi connectivity index (χ2n) is 8.48. The molecule has 36 heavy (non-hydrogen) atoms. The number of carbonyl (C=O) groups excluding carboxylic acids is 2. The van der Waals surface area contributed by atoms with E-state index in [-0.39, 0.29) is 23.9 Å². The number of aryl methyl sites for hydroxylation is 1. The monoisotopic (exact) mass is 545 g/mol. The van der Waals surface area contributed by atoms with Crippen LogP contribution < -0.4 is 14.2 Å². The first kappa shape index (κ1) is 23.9. The maximum Gasteiger partial charge on any atom is 0.231 e. The Hall–Kier alpha value is -3.84. The minimum absolute atomic E-state index is 0.115. The van der Waals surface area contributed by atoms with E-state index in [9.17, 15) is 9.59 Å². The van der Waals surface area contributed by atoms with E-state index in [0.717, 1.165) is 33.2 Å². The normalized spacial score (nSPS) is 13.7. The fourth-order valence-corrected chi connectivity index (χ4v) is 4.60. The lowest BCUT2D eigenvalue weighted by atomic mass is 10.1. The maximum absolute atomic E-state index is 13.2. The Bertz CT molecular complexity index is 1530. The lowest BCUT2D eigenvalue weighted by Crippen LogP contribution is -2.12. The van der Waals surface area contributed by atoms with Crippen LogP contribution in [-0.2, 0) is 6.54 Å². The summed E-state index contributed by atoms with van der Waals surface area (Å²) in [5.74, 6) is 1.62. The van der Waals surface area contributed by atoms with Gasteiger partial charge in [-0.1, -0.05) is 28.1 Å². The van der Waals surface area contributed by atoms with E-state index in [1.54, 1.807) is 37.5 Å². The number of methoxy groups -OCH3 is 1. The summed E-state index contributed by atoms with van der Waals surface area (Å²) >= 11 is 3.37. The van der Waals surface area contributed by atoms with Crippen molar-refractivity contribution in [2.75, 3.05) is 13.7 Å². The number of nitrogens with zero attached hydrogens (tertiary/aromatic N) is 1. The van der Waals surface area contributed by atoms with Crippen LogP contribution in [0.5, 0.6) is 17.2 Å². The molecule has 3 aromatic carbocycles. The molecule has 0 aliphatic carbocycles. The van der Waals surface area contributed by atoms with Crippen molar-refractivity contribution in [2.24, 2.45) is 0 Å². The summed E-state index contributed by atoms with van der Waals surface area (Å²) in [7, 11) is 1.63. The molecule has 1 aromatic heterocycles. The highest BCUT2D eigenvalue weighted by atomic mass is 79.9. The number of fused-ring (bicyclic) bond motifs is 2. The van der Waals surface area contributed by atoms with E-state index in [1.807, 2.05) is 43.5 Å². The van der Waals surface area contributed by atoms with Crippen molar-refractivity contribution in [1.29, 1.82) is 0 Å². The molecular formula is C29H24BrNO5. The van der Waals surface area contributed by atoms with Gasteiger partial charge in [0.15, 0.2) is 18.1 Å². The van der Waals surface area contributed by atoms with Crippen LogP contribution in [-0.4, -0.2) is 29.9 Å². The molecule has 4 aromatic rings. The second kappa shape index (κ2) is 9.66. The number of aromatic nitrogens is 1. The third-order valence-corrected chi connectivity index (χ3v) is 6.84. The first-order valence-corrected chi connectivity index (χ1v) is 12.3. The lowest BCUT2D eigenvalue weighted by Gasteiger charge is -2.11. The average Bonchev–Trinajstić information content (AvgIpc) is 3.41. The van der Waals surface area contributed by atoms with Crippen LogP contribution >= 0.6 is 15.9 Å². The van der Waals surface area contributed by atoms with E-state index >= 15 is 0 Å². The number of ketones is 2. The van der Waals surface area contributed by atoms with Gasteiger partial charge in [0.1, 0.15) is 17.2 Å². The van der Waals surface area contributed by atoms with Crippen LogP contribution in [0.2, 0.25) is 0 Å². The molecule has 2 heterocycles. The van der Waals surface area contributed by atoms with Crippen molar-refractivity contribution in [3.05, 3.63) is 93.3 Å². The van der Waals surface area contributed by atoms with Crippen LogP contribution in [0.25, 0.3) is 17.0 Å². The number of benzene rings is 3. The molecule has 0 atom stereocenters. The lowest BCUT2D eigenvalue weighted by molar-refractivity contribution is 0.0920. The number of hydrogen-bond acceptors (Lipinski definition) is 5. The zero-order chi connectivity index (χ0) is 25.4. The largest absolute Gasteiger partial charge is 0.497 e. The van der Waals surface area contributed by atoms with Crippen molar-refractivity contribution in [2.45, 2.75) is 20.4 Å². The van der Waals surface area contributed by atoms with Gasteiger partial charge in [-0.2, -0.15) is 0 Å². The summed E-state index contributed by atoms with van der Waals surface area (Å²) in [4.78, 5) is 25.7. The number of carbonyl (C=O) groups is 2. The molecule has 6 nitrogen and oxygen atoms in total. The molecule has 7 heteroatoms. The quantitative estimate of drug-likeness (QED) is 0.193. The van der Waals surface area contributed by atoms with Crippen LogP contribution in [0.15, 0.2) is 71.0 Å². The topological polar surface area (TPSA) is 66.8 Å². The van der Waals surface area contributed by atoms with Crippen molar-refractivity contribution in [3.8, 4) is 17.2 Å². The van der Waals surface area contributed by atoms with E-state index in [4.69, 9.17) is 14.2 Å². The Labute approximate surface area is 217 Å². The van der Waals surface area contributed by atoms with E-state index in [1.165, 1.54) is 0 Å². The van der Waals surface area contributed by atoms with Crippen LogP contribution in [0.3, 0.4) is 0 Å². The maximum atomic E-state index is 13.2. The van der Waals surface area contributed by atoms with E-state index in [2.05, 4.69) is 27.4 Å². The standard InChI is InChI=1S/C29H24BrNO5/c1-4-31-15-19(23-14-21(34-3)9-11-24(23)31)13-27-28(33)22-10-12-26(17(2)29(22)36-27)35-16-25(32)18-5-7-20(30)8-6-18/h5-15H,4,16H2,1-3H3/b27-13-. The molecule has 0 bridgehead atoms. The number of rotatable bonds is 7. The van der Waals surface area contributed by atoms with Crippen molar-refractivity contribution >= 4 is 44.5 Å². The zero-order valence-electron chi connectivity index (χ0n) is 20.1. The number of allylic oxidation sites excluding steroid dienone is 1. The summed E-state index contributed by atoms with van der Waals surface area (Å²) in [6.45, 7) is 4.57. The molecule has 0 radical (unpaired) electrons. The molecule has 1 aliphatic heterocycles. The number of ether oxygens (including phenoxy) is 3. The van der Waals surface area contributed by atoms with Gasteiger partial charge in [0, 0.05) is 44.8 Å². The van der Waals surface area contributed by atoms with Crippen molar-refractivity contribution in [3.63, 3.8) is 0 Å². The van der Waals surface area contributed by atoms with Gasteiger partial charge in [0.2, 0.25) is 5.78 Å². The molecular weight excluding hydrogens is 522 g/mol. The first-order valence-electron chi connectivity index (χ1n) is 11.6. The third-order valence-electron chi connectivity index (χ3n) is 6.31. The number of Topliss-reactive ketones (excluding diaryl/α,β-unsaturated/α-hetero) is 2. The van der Waals surface area contributed by atoms with Gasteiger partial charge >= 0.3 is 0 Å². The molecule has 0 unspecified atom stereocenters. The summed E-state index contributed by atoms with van der Waals surface area (Å²) < 4.78 is 20.3. The Morgan fingerprint density at radius 3 is 2.61 bits per heavy atom. The van der Waals surface area contributed by atoms with E-state index in [0.29, 0.717) is 28.2 Å². The Morgan fingerprint density at radius 1 is 1.11 bits per heavy atom. The predicted molar refractivity (Wildman–Crippen MR) is 142 cm³/mol. The minimum Gasteiger partial charge on any atom is -0.497 e. The zero-order valence-corrected chi connectivity index (χ0v) is 21.7. The predicted octanol–water partition coefficient (Wildman–Crippen LogP) is 6.62. The van der Waals surface area contributed by atoms with E-state index < -0.39 is 0 Å². The molecule has 0 spiro atoms. The Balaban J connectivity index is 1.41. The van der Waals surface area contributed by atoms with Crippen molar-refractivity contribution in [1.82, 2.24) is 4.57 Å². The van der Waals surface area contributed by atoms with Gasteiger partial charge in [-0.3, -0.25) is 9.59 Å². The molecule has 5 rings (SSSR count). The molecule has 0 amide bonds. The summed E-state index contributed by atoms with van der Waals surface area (Å²) in [5.41, 5.74) is 3.63. The Morgan fingerprint density at radius 2 is 1.89 bits per heavy atom. The fourth-order valence-electron chi connectivity index (χ4n) is 4.34. The molecule has 0 saturated heterocycles. The summed E-state index contributed by atoms with van der Waals surface area (Å²) in [5, 5.41) is 0.975. The highest BCUT2D eigenvalue weighted by Gasteiger charge is 2.30. The molecule has 0 saturated carbocycles. The number of halogens is 1. The average molecular weight is 546 g/mol. The first-order chi connectivity index (χ1) is 17.4. The van der Waals surface area contributed by atoms with Crippen molar-refractivity contribution < 1.29 is 23.8 Å². The van der Waals surface area contributed by atoms with Gasteiger partial charge in [0.25, 0.3) is 0 Å². The second-order valence-corrected chi connectivity index (χ2v) is 9.39. The highest BCUT2D eigenvalue weighted by Crippen LogP contribution is 2.40. The minimum atomic E-state index is -0.189. The molecule has 0 fully saturated rings.